The molecule has 114 valence electrons. The maximum absolute atomic E-state index is 12.9. The summed E-state index contributed by atoms with van der Waals surface area (Å²) in [7, 11) is 0. The lowest BCUT2D eigenvalue weighted by Crippen LogP contribution is -2.25. The van der Waals surface area contributed by atoms with E-state index >= 15 is 0 Å². The molecule has 0 heterocycles. The second-order valence-electron chi connectivity index (χ2n) is 6.73. The van der Waals surface area contributed by atoms with Crippen LogP contribution in [0, 0.1) is 11.3 Å². The van der Waals surface area contributed by atoms with Crippen molar-refractivity contribution in [3.05, 3.63) is 83.4 Å². The van der Waals surface area contributed by atoms with Gasteiger partial charge in [-0.2, -0.15) is 0 Å². The molecule has 0 spiro atoms. The maximum atomic E-state index is 12.9. The molecule has 2 nitrogen and oxygen atoms in total. The number of fused-ring (bicyclic) bond motifs is 1. The van der Waals surface area contributed by atoms with Gasteiger partial charge in [0, 0.05) is 5.41 Å². The van der Waals surface area contributed by atoms with Gasteiger partial charge in [-0.15, -0.1) is 0 Å². The van der Waals surface area contributed by atoms with Gasteiger partial charge in [0.15, 0.2) is 11.6 Å². The van der Waals surface area contributed by atoms with Crippen LogP contribution in [0.5, 0.6) is 0 Å². The molecule has 1 saturated carbocycles. The number of Topliss-reactive ketones (excluding diaryl/α,β-unsaturated/α-hetero) is 1. The predicted octanol–water partition coefficient (Wildman–Crippen LogP) is 3.71. The number of hydrogen-bond donors (Lipinski definition) is 0. The average molecular weight is 302 g/mol. The van der Waals surface area contributed by atoms with Gasteiger partial charge in [-0.1, -0.05) is 67.6 Å². The summed E-state index contributed by atoms with van der Waals surface area (Å²) < 4.78 is 0. The second-order valence-corrected chi connectivity index (χ2v) is 6.73. The van der Waals surface area contributed by atoms with Crippen molar-refractivity contribution < 1.29 is 9.59 Å². The summed E-state index contributed by atoms with van der Waals surface area (Å²) in [4.78, 5) is 25.7. The van der Waals surface area contributed by atoms with Crippen LogP contribution in [0.15, 0.2) is 72.3 Å². The van der Waals surface area contributed by atoms with E-state index in [9.17, 15) is 9.59 Å². The minimum absolute atomic E-state index is 0.0623. The first-order valence-electron chi connectivity index (χ1n) is 7.92. The number of rotatable bonds is 2. The highest BCUT2D eigenvalue weighted by molar-refractivity contribution is 6.18. The fourth-order valence-electron chi connectivity index (χ4n) is 4.56. The molecular formula is C21H18O2. The second kappa shape index (κ2) is 4.51. The fraction of sp³-hybridized carbons (Fsp3) is 0.238. The summed E-state index contributed by atoms with van der Waals surface area (Å²) in [5.41, 5.74) is 1.42. The van der Waals surface area contributed by atoms with Crippen LogP contribution in [0.4, 0.5) is 0 Å². The van der Waals surface area contributed by atoms with Crippen LogP contribution in [0.25, 0.3) is 0 Å². The Labute approximate surface area is 135 Å². The zero-order valence-corrected chi connectivity index (χ0v) is 13.2. The molecule has 0 amide bonds. The molecule has 2 heteroatoms. The topological polar surface area (TPSA) is 34.1 Å². The molecule has 2 atom stereocenters. The van der Waals surface area contributed by atoms with E-state index in [4.69, 9.17) is 0 Å². The van der Waals surface area contributed by atoms with Crippen LogP contribution in [-0.2, 0) is 15.0 Å². The summed E-state index contributed by atoms with van der Waals surface area (Å²) in [6, 6.07) is 20.0. The van der Waals surface area contributed by atoms with Crippen molar-refractivity contribution in [2.24, 2.45) is 11.3 Å². The summed E-state index contributed by atoms with van der Waals surface area (Å²) >= 11 is 0. The van der Waals surface area contributed by atoms with Crippen molar-refractivity contribution in [1.29, 1.82) is 0 Å². The molecule has 0 aromatic heterocycles. The van der Waals surface area contributed by atoms with Crippen LogP contribution in [0.1, 0.15) is 25.0 Å². The molecule has 2 aliphatic rings. The van der Waals surface area contributed by atoms with Crippen LogP contribution in [0.3, 0.4) is 0 Å². The van der Waals surface area contributed by atoms with E-state index in [2.05, 4.69) is 0 Å². The van der Waals surface area contributed by atoms with E-state index < -0.39 is 10.8 Å². The highest BCUT2D eigenvalue weighted by Crippen LogP contribution is 2.75. The summed E-state index contributed by atoms with van der Waals surface area (Å²) in [5, 5.41) is 0. The smallest absolute Gasteiger partial charge is 0.164 e. The van der Waals surface area contributed by atoms with Gasteiger partial charge in [-0.3, -0.25) is 9.59 Å². The van der Waals surface area contributed by atoms with Crippen LogP contribution in [-0.4, -0.2) is 11.6 Å². The van der Waals surface area contributed by atoms with Gasteiger partial charge in [0.25, 0.3) is 0 Å². The molecule has 2 aromatic rings. The van der Waals surface area contributed by atoms with Crippen molar-refractivity contribution >= 4 is 11.6 Å². The Balaban J connectivity index is 2.02. The van der Waals surface area contributed by atoms with Crippen molar-refractivity contribution in [1.82, 2.24) is 0 Å². The third-order valence-corrected chi connectivity index (χ3v) is 5.71. The summed E-state index contributed by atoms with van der Waals surface area (Å²) in [5.74, 6) is -0.149. The molecule has 4 rings (SSSR count). The molecule has 23 heavy (non-hydrogen) atoms. The first kappa shape index (κ1) is 14.1. The van der Waals surface area contributed by atoms with Gasteiger partial charge < -0.3 is 0 Å². The number of ketones is 2. The average Bonchev–Trinajstić information content (AvgIpc) is 3.18. The fourth-order valence-corrected chi connectivity index (χ4v) is 4.56. The first-order valence-corrected chi connectivity index (χ1v) is 7.92. The number of carbonyl (C=O) groups excluding carboxylic acids is 2. The molecule has 2 aromatic carbocycles. The monoisotopic (exact) mass is 302 g/mol. The Hall–Kier alpha value is -2.48. The van der Waals surface area contributed by atoms with Crippen molar-refractivity contribution in [2.75, 3.05) is 0 Å². The number of carbonyl (C=O) groups is 2. The van der Waals surface area contributed by atoms with Gasteiger partial charge in [0.2, 0.25) is 0 Å². The summed E-state index contributed by atoms with van der Waals surface area (Å²) in [6.45, 7) is 3.69. The van der Waals surface area contributed by atoms with Gasteiger partial charge in [0.1, 0.15) is 0 Å². The van der Waals surface area contributed by atoms with Crippen LogP contribution < -0.4 is 0 Å². The van der Waals surface area contributed by atoms with E-state index in [1.54, 1.807) is 6.92 Å². The zero-order valence-electron chi connectivity index (χ0n) is 13.2. The quantitative estimate of drug-likeness (QED) is 0.847. The third kappa shape index (κ3) is 1.53. The van der Waals surface area contributed by atoms with E-state index in [-0.39, 0.29) is 17.5 Å². The van der Waals surface area contributed by atoms with Gasteiger partial charge in [0.05, 0.1) is 11.3 Å². The zero-order chi connectivity index (χ0) is 16.2. The van der Waals surface area contributed by atoms with E-state index in [1.165, 1.54) is 6.08 Å². The van der Waals surface area contributed by atoms with Crippen molar-refractivity contribution in [3.63, 3.8) is 0 Å². The number of allylic oxidation sites excluding steroid dienone is 2. The largest absolute Gasteiger partial charge is 0.294 e. The van der Waals surface area contributed by atoms with Gasteiger partial charge in [-0.05, 0) is 29.7 Å². The third-order valence-electron chi connectivity index (χ3n) is 5.71. The molecule has 0 bridgehead atoms. The maximum Gasteiger partial charge on any atom is 0.164 e. The Bertz CT molecular complexity index is 793. The molecule has 0 N–H and O–H groups in total. The number of hydrogen-bond acceptors (Lipinski definition) is 2. The van der Waals surface area contributed by atoms with Crippen molar-refractivity contribution in [2.45, 2.75) is 19.3 Å². The molecule has 2 unspecified atom stereocenters. The lowest BCUT2D eigenvalue weighted by atomic mass is 9.79. The van der Waals surface area contributed by atoms with Crippen molar-refractivity contribution in [3.8, 4) is 0 Å². The highest BCUT2D eigenvalue weighted by Gasteiger charge is 2.81. The normalized spacial score (nSPS) is 28.1. The summed E-state index contributed by atoms with van der Waals surface area (Å²) in [6.07, 6.45) is 1.53. The molecule has 2 aliphatic carbocycles. The Morgan fingerprint density at radius 3 is 1.78 bits per heavy atom. The van der Waals surface area contributed by atoms with Gasteiger partial charge >= 0.3 is 0 Å². The minimum Gasteiger partial charge on any atom is -0.294 e. The molecule has 1 fully saturated rings. The number of benzene rings is 2. The standard InChI is InChI=1S/C21H18O2/c1-14-13-17(22)20(2)19(18(14)23)21(20,15-9-5-3-6-10-15)16-11-7-4-8-12-16/h3-13,19H,1-2H3. The minimum atomic E-state index is -0.688. The van der Waals surface area contributed by atoms with Crippen LogP contribution >= 0.6 is 0 Å². The van der Waals surface area contributed by atoms with E-state index in [0.717, 1.165) is 11.1 Å². The van der Waals surface area contributed by atoms with E-state index in [1.807, 2.05) is 67.6 Å². The Morgan fingerprint density at radius 1 is 0.826 bits per heavy atom. The molecule has 0 radical (unpaired) electrons. The molecular weight excluding hydrogens is 284 g/mol. The van der Waals surface area contributed by atoms with Crippen LogP contribution in [0.2, 0.25) is 0 Å². The Morgan fingerprint density at radius 2 is 1.30 bits per heavy atom. The molecule has 0 aliphatic heterocycles. The van der Waals surface area contributed by atoms with Gasteiger partial charge in [-0.25, -0.2) is 0 Å². The highest BCUT2D eigenvalue weighted by atomic mass is 16.1. The lowest BCUT2D eigenvalue weighted by molar-refractivity contribution is -0.125. The molecule has 0 saturated heterocycles. The SMILES string of the molecule is CC1=CC(=O)C2(C)C(C1=O)C2(c1ccccc1)c1ccccc1. The lowest BCUT2D eigenvalue weighted by Gasteiger charge is -2.22. The Kier molecular flexibility index (Phi) is 2.77. The first-order chi connectivity index (χ1) is 11.0. The van der Waals surface area contributed by atoms with E-state index in [0.29, 0.717) is 5.57 Å². The predicted molar refractivity (Wildman–Crippen MR) is 89.0 cm³/mol.